The predicted octanol–water partition coefficient (Wildman–Crippen LogP) is 1.32. The van der Waals surface area contributed by atoms with E-state index < -0.39 is 48.0 Å². The number of carboxylic acid groups (broad SMARTS) is 1. The number of carbonyl (C=O) groups excluding carboxylic acids is 1. The van der Waals surface area contributed by atoms with Crippen LogP contribution < -0.4 is 29.6 Å². The fourth-order valence-electron chi connectivity index (χ4n) is 4.46. The fraction of sp³-hybridized carbons (Fsp3) is 0.393. The van der Waals surface area contributed by atoms with Gasteiger partial charge in [-0.1, -0.05) is 19.9 Å². The second kappa shape index (κ2) is 14.8. The molecule has 3 rings (SSSR count). The summed E-state index contributed by atoms with van der Waals surface area (Å²) in [5.41, 5.74) is 1.33. The van der Waals surface area contributed by atoms with Crippen LogP contribution in [0, 0.1) is 17.5 Å². The van der Waals surface area contributed by atoms with E-state index in [-0.39, 0.29) is 74.0 Å². The Morgan fingerprint density at radius 1 is 1.02 bits per heavy atom. The molecular formula is C28H33F3N3NaO5. The first-order valence-electron chi connectivity index (χ1n) is 12.5. The van der Waals surface area contributed by atoms with Crippen LogP contribution in [0.1, 0.15) is 67.8 Å². The van der Waals surface area contributed by atoms with Crippen LogP contribution in [0.25, 0.3) is 5.69 Å². The van der Waals surface area contributed by atoms with E-state index in [0.717, 1.165) is 17.0 Å². The van der Waals surface area contributed by atoms with E-state index in [2.05, 4.69) is 5.10 Å². The van der Waals surface area contributed by atoms with Gasteiger partial charge in [-0.3, -0.25) is 9.59 Å². The van der Waals surface area contributed by atoms with E-state index in [0.29, 0.717) is 16.9 Å². The van der Waals surface area contributed by atoms with Crippen molar-refractivity contribution < 1.29 is 69.1 Å². The van der Waals surface area contributed by atoms with Crippen molar-refractivity contribution in [2.24, 2.45) is 0 Å². The SMILES string of the molecule is CC(C)c1c(C(=O)N(C)Cc2c(F)cccc2F)nn(-c2ccc(F)cc2)c1CCC(O)CC(O)CC(=O)O.[H-].[Na+]. The van der Waals surface area contributed by atoms with Crippen molar-refractivity contribution in [3.63, 3.8) is 0 Å². The number of halogens is 3. The summed E-state index contributed by atoms with van der Waals surface area (Å²) >= 11 is 0. The molecule has 2 atom stereocenters. The van der Waals surface area contributed by atoms with Gasteiger partial charge < -0.3 is 21.6 Å². The number of aliphatic hydroxyl groups is 2. The van der Waals surface area contributed by atoms with Crippen molar-refractivity contribution in [3.05, 3.63) is 82.4 Å². The van der Waals surface area contributed by atoms with E-state index in [1.807, 2.05) is 13.8 Å². The second-order valence-corrected chi connectivity index (χ2v) is 9.79. The third-order valence-corrected chi connectivity index (χ3v) is 6.35. The number of carbonyl (C=O) groups is 2. The van der Waals surface area contributed by atoms with E-state index in [9.17, 15) is 33.0 Å². The molecule has 0 saturated heterocycles. The van der Waals surface area contributed by atoms with Crippen LogP contribution >= 0.6 is 0 Å². The molecule has 0 aliphatic carbocycles. The maximum absolute atomic E-state index is 14.2. The van der Waals surface area contributed by atoms with Crippen molar-refractivity contribution >= 4 is 11.9 Å². The standard InChI is InChI=1S/C28H32F3N3O5.Na.H/c1-16(2)26-24(12-11-19(35)13-20(36)14-25(37)38)34(18-9-7-17(29)8-10-18)32-27(26)28(39)33(3)15-21-22(30)5-4-6-23(21)31;;/h4-10,16,19-20,35-36H,11-15H2,1-3H3,(H,37,38);;/q;+1;-1. The summed E-state index contributed by atoms with van der Waals surface area (Å²) < 4.78 is 43.6. The van der Waals surface area contributed by atoms with Gasteiger partial charge in [0.15, 0.2) is 5.69 Å². The number of aliphatic carboxylic acids is 1. The third-order valence-electron chi connectivity index (χ3n) is 6.35. The first kappa shape index (κ1) is 33.5. The van der Waals surface area contributed by atoms with Crippen LogP contribution in [0.15, 0.2) is 42.5 Å². The molecule has 0 saturated carbocycles. The van der Waals surface area contributed by atoms with Gasteiger partial charge in [0, 0.05) is 23.9 Å². The Kier molecular flexibility index (Phi) is 12.4. The zero-order chi connectivity index (χ0) is 28.9. The Morgan fingerprint density at radius 2 is 1.62 bits per heavy atom. The Balaban J connectivity index is 0.00000420. The summed E-state index contributed by atoms with van der Waals surface area (Å²) in [6.45, 7) is 3.35. The summed E-state index contributed by atoms with van der Waals surface area (Å²) in [6.07, 6.45) is -2.62. The molecule has 0 aliphatic heterocycles. The van der Waals surface area contributed by atoms with Gasteiger partial charge in [0.25, 0.3) is 5.91 Å². The molecule has 0 radical (unpaired) electrons. The van der Waals surface area contributed by atoms with Crippen molar-refractivity contribution in [3.8, 4) is 5.69 Å². The number of aliphatic hydroxyl groups excluding tert-OH is 2. The summed E-state index contributed by atoms with van der Waals surface area (Å²) in [6, 6.07) is 8.89. The Labute approximate surface area is 254 Å². The first-order chi connectivity index (χ1) is 18.4. The molecule has 2 aromatic carbocycles. The molecule has 2 unspecified atom stereocenters. The largest absolute Gasteiger partial charge is 1.00 e. The Hall–Kier alpha value is -2.70. The second-order valence-electron chi connectivity index (χ2n) is 9.79. The number of nitrogens with zero attached hydrogens (tertiary/aromatic N) is 3. The molecule has 212 valence electrons. The Bertz CT molecular complexity index is 1300. The molecule has 0 aliphatic rings. The van der Waals surface area contributed by atoms with Crippen LogP contribution in [-0.4, -0.2) is 61.1 Å². The first-order valence-corrected chi connectivity index (χ1v) is 12.5. The molecule has 12 heteroatoms. The van der Waals surface area contributed by atoms with Crippen LogP contribution in [0.5, 0.6) is 0 Å². The van der Waals surface area contributed by atoms with Gasteiger partial charge in [-0.25, -0.2) is 17.9 Å². The van der Waals surface area contributed by atoms with Gasteiger partial charge in [0.05, 0.1) is 30.9 Å². The van der Waals surface area contributed by atoms with Crippen molar-refractivity contribution in [1.29, 1.82) is 0 Å². The summed E-state index contributed by atoms with van der Waals surface area (Å²) in [4.78, 5) is 25.5. The van der Waals surface area contributed by atoms with Gasteiger partial charge in [-0.15, -0.1) is 0 Å². The monoisotopic (exact) mass is 571 g/mol. The topological polar surface area (TPSA) is 116 Å². The molecular weight excluding hydrogens is 538 g/mol. The van der Waals surface area contributed by atoms with Crippen LogP contribution in [0.4, 0.5) is 13.2 Å². The summed E-state index contributed by atoms with van der Waals surface area (Å²) in [5, 5.41) is 33.7. The van der Waals surface area contributed by atoms with Crippen LogP contribution in [-0.2, 0) is 17.8 Å². The minimum absolute atomic E-state index is 0. The number of amides is 1. The van der Waals surface area contributed by atoms with Crippen LogP contribution in [0.2, 0.25) is 0 Å². The summed E-state index contributed by atoms with van der Waals surface area (Å²) in [7, 11) is 1.41. The Morgan fingerprint density at radius 3 is 2.17 bits per heavy atom. The van der Waals surface area contributed by atoms with Gasteiger partial charge in [-0.05, 0) is 61.6 Å². The zero-order valence-corrected chi connectivity index (χ0v) is 24.9. The predicted molar refractivity (Wildman–Crippen MR) is 138 cm³/mol. The van der Waals surface area contributed by atoms with Gasteiger partial charge >= 0.3 is 35.5 Å². The maximum atomic E-state index is 14.2. The van der Waals surface area contributed by atoms with E-state index in [4.69, 9.17) is 5.11 Å². The molecule has 1 heterocycles. The van der Waals surface area contributed by atoms with Crippen molar-refractivity contribution in [1.82, 2.24) is 14.7 Å². The van der Waals surface area contributed by atoms with Gasteiger partial charge in [0.2, 0.25) is 0 Å². The normalized spacial score (nSPS) is 12.6. The minimum Gasteiger partial charge on any atom is -1.00 e. The van der Waals surface area contributed by atoms with Gasteiger partial charge in [0.1, 0.15) is 17.5 Å². The number of carboxylic acids is 1. The fourth-order valence-corrected chi connectivity index (χ4v) is 4.46. The minimum atomic E-state index is -1.23. The molecule has 40 heavy (non-hydrogen) atoms. The molecule has 1 aromatic heterocycles. The average Bonchev–Trinajstić information content (AvgIpc) is 3.24. The molecule has 3 N–H and O–H groups in total. The number of hydrogen-bond donors (Lipinski definition) is 3. The smallest absolute Gasteiger partial charge is 1.00 e. The summed E-state index contributed by atoms with van der Waals surface area (Å²) in [5.74, 6) is -4.04. The number of rotatable bonds is 12. The van der Waals surface area contributed by atoms with E-state index in [1.165, 1.54) is 42.1 Å². The molecule has 0 spiro atoms. The molecule has 0 fully saturated rings. The third kappa shape index (κ3) is 8.40. The molecule has 8 nitrogen and oxygen atoms in total. The van der Waals surface area contributed by atoms with Crippen molar-refractivity contribution in [2.45, 2.75) is 64.2 Å². The number of benzene rings is 2. The average molecular weight is 572 g/mol. The maximum Gasteiger partial charge on any atom is 1.00 e. The quantitative estimate of drug-likeness (QED) is 0.283. The van der Waals surface area contributed by atoms with Crippen LogP contribution in [0.3, 0.4) is 0 Å². The van der Waals surface area contributed by atoms with Gasteiger partial charge in [-0.2, -0.15) is 5.10 Å². The zero-order valence-electron chi connectivity index (χ0n) is 23.9. The number of aromatic nitrogens is 2. The van der Waals surface area contributed by atoms with E-state index >= 15 is 0 Å². The molecule has 3 aromatic rings. The molecule has 0 bridgehead atoms. The molecule has 1 amide bonds. The van der Waals surface area contributed by atoms with Crippen molar-refractivity contribution in [2.75, 3.05) is 7.05 Å². The van der Waals surface area contributed by atoms with E-state index in [1.54, 1.807) is 0 Å². The number of hydrogen-bond acceptors (Lipinski definition) is 5.